The fraction of sp³-hybridized carbons (Fsp3) is 0.433. The number of carbonyl (C=O) groups excluding carboxylic acids is 2. The van der Waals surface area contributed by atoms with Gasteiger partial charge in [-0.15, -0.1) is 0 Å². The average molecular weight is 504 g/mol. The van der Waals surface area contributed by atoms with Crippen LogP contribution in [-0.2, 0) is 4.74 Å². The lowest BCUT2D eigenvalue weighted by molar-refractivity contribution is 0.0512. The number of pyridine rings is 1. The molecule has 4 rings (SSSR count). The first-order chi connectivity index (χ1) is 17.7. The maximum absolute atomic E-state index is 13.3. The Morgan fingerprint density at radius 1 is 0.919 bits per heavy atom. The number of carbonyl (C=O) groups is 2. The predicted octanol–water partition coefficient (Wildman–Crippen LogP) is 5.97. The molecule has 2 aromatic carbocycles. The molecule has 1 heterocycles. The first-order valence-electron chi connectivity index (χ1n) is 13.0. The largest absolute Gasteiger partial charge is 0.497 e. The van der Waals surface area contributed by atoms with Gasteiger partial charge < -0.3 is 20.1 Å². The number of alkyl carbamates (subject to hydrolysis) is 1. The second kappa shape index (κ2) is 11.6. The zero-order chi connectivity index (χ0) is 26.4. The summed E-state index contributed by atoms with van der Waals surface area (Å²) >= 11 is 0. The Morgan fingerprint density at radius 3 is 2.27 bits per heavy atom. The van der Waals surface area contributed by atoms with Gasteiger partial charge in [0, 0.05) is 24.0 Å². The molecule has 0 spiro atoms. The van der Waals surface area contributed by atoms with Crippen LogP contribution in [0.4, 0.5) is 4.79 Å². The summed E-state index contributed by atoms with van der Waals surface area (Å²) in [5.41, 5.74) is 2.55. The van der Waals surface area contributed by atoms with Crippen LogP contribution >= 0.6 is 0 Å². The van der Waals surface area contributed by atoms with Crippen LogP contribution < -0.4 is 15.4 Å². The van der Waals surface area contributed by atoms with Crippen molar-refractivity contribution in [2.45, 2.75) is 52.1 Å². The fourth-order valence-corrected chi connectivity index (χ4v) is 4.81. The van der Waals surface area contributed by atoms with Crippen molar-refractivity contribution in [2.24, 2.45) is 11.8 Å². The van der Waals surface area contributed by atoms with E-state index in [0.717, 1.165) is 53.6 Å². The van der Waals surface area contributed by atoms with E-state index < -0.39 is 5.60 Å². The van der Waals surface area contributed by atoms with Gasteiger partial charge in [-0.25, -0.2) is 9.78 Å². The molecule has 0 bridgehead atoms. The highest BCUT2D eigenvalue weighted by molar-refractivity contribution is 6.07. The number of nitrogens with zero attached hydrogens (tertiary/aromatic N) is 1. The quantitative estimate of drug-likeness (QED) is 0.415. The first kappa shape index (κ1) is 26.5. The van der Waals surface area contributed by atoms with Gasteiger partial charge in [0.25, 0.3) is 5.91 Å². The minimum atomic E-state index is -0.491. The van der Waals surface area contributed by atoms with E-state index in [1.165, 1.54) is 0 Å². The molecule has 2 amide bonds. The van der Waals surface area contributed by atoms with E-state index in [4.69, 9.17) is 14.5 Å². The number of hydrogen-bond donors (Lipinski definition) is 2. The Bertz CT molecular complexity index is 1240. The molecule has 7 heteroatoms. The van der Waals surface area contributed by atoms with E-state index in [1.807, 2.05) is 75.4 Å². The van der Waals surface area contributed by atoms with E-state index in [1.54, 1.807) is 7.11 Å². The number of hydrogen-bond acceptors (Lipinski definition) is 5. The molecule has 7 nitrogen and oxygen atoms in total. The van der Waals surface area contributed by atoms with Gasteiger partial charge in [-0.3, -0.25) is 4.79 Å². The molecule has 1 fully saturated rings. The van der Waals surface area contributed by atoms with Crippen LogP contribution in [0.1, 0.15) is 56.8 Å². The molecule has 1 aromatic heterocycles. The highest BCUT2D eigenvalue weighted by atomic mass is 16.6. The Hall–Kier alpha value is -3.61. The van der Waals surface area contributed by atoms with Crippen molar-refractivity contribution in [2.75, 3.05) is 20.2 Å². The average Bonchev–Trinajstić information content (AvgIpc) is 2.89. The Labute approximate surface area is 219 Å². The molecule has 1 aliphatic rings. The molecule has 1 saturated carbocycles. The maximum atomic E-state index is 13.3. The number of benzene rings is 2. The Kier molecular flexibility index (Phi) is 8.31. The lowest BCUT2D eigenvalue weighted by Gasteiger charge is -2.29. The summed E-state index contributed by atoms with van der Waals surface area (Å²) in [4.78, 5) is 30.1. The fourth-order valence-electron chi connectivity index (χ4n) is 4.81. The molecule has 196 valence electrons. The van der Waals surface area contributed by atoms with Gasteiger partial charge in [0.2, 0.25) is 0 Å². The molecule has 1 aliphatic carbocycles. The maximum Gasteiger partial charge on any atom is 0.407 e. The number of methoxy groups -OCH3 is 1. The minimum absolute atomic E-state index is 0.0866. The van der Waals surface area contributed by atoms with Gasteiger partial charge in [-0.1, -0.05) is 30.3 Å². The van der Waals surface area contributed by atoms with Crippen LogP contribution in [0.3, 0.4) is 0 Å². The third-order valence-corrected chi connectivity index (χ3v) is 6.78. The summed E-state index contributed by atoms with van der Waals surface area (Å²) in [6.45, 7) is 6.85. The number of para-hydroxylation sites is 1. The topological polar surface area (TPSA) is 89.6 Å². The Balaban J connectivity index is 1.36. The van der Waals surface area contributed by atoms with Gasteiger partial charge in [-0.05, 0) is 82.6 Å². The molecule has 3 aromatic rings. The van der Waals surface area contributed by atoms with Crippen LogP contribution in [0.25, 0.3) is 22.2 Å². The lowest BCUT2D eigenvalue weighted by Crippen LogP contribution is -2.37. The number of aromatic nitrogens is 1. The molecule has 0 atom stereocenters. The molecule has 37 heavy (non-hydrogen) atoms. The van der Waals surface area contributed by atoms with E-state index in [0.29, 0.717) is 30.5 Å². The third-order valence-electron chi connectivity index (χ3n) is 6.78. The highest BCUT2D eigenvalue weighted by Gasteiger charge is 2.24. The summed E-state index contributed by atoms with van der Waals surface area (Å²) in [6, 6.07) is 17.3. The normalized spacial score (nSPS) is 17.7. The van der Waals surface area contributed by atoms with Gasteiger partial charge in [0.1, 0.15) is 11.4 Å². The number of nitrogens with one attached hydrogen (secondary N) is 2. The van der Waals surface area contributed by atoms with Crippen LogP contribution in [-0.4, -0.2) is 42.8 Å². The SMILES string of the molecule is COc1cccc(-c2cc(C(=O)NC[C@H]3CC[C@H](CNC(=O)OC(C)(C)C)CC3)c3ccccc3n2)c1. The summed E-state index contributed by atoms with van der Waals surface area (Å²) in [6.07, 6.45) is 3.73. The van der Waals surface area contributed by atoms with Crippen LogP contribution in [0.2, 0.25) is 0 Å². The molecular formula is C30H37N3O4. The highest BCUT2D eigenvalue weighted by Crippen LogP contribution is 2.29. The zero-order valence-corrected chi connectivity index (χ0v) is 22.2. The van der Waals surface area contributed by atoms with Gasteiger partial charge in [0.15, 0.2) is 0 Å². The summed E-state index contributed by atoms with van der Waals surface area (Å²) in [5.74, 6) is 1.52. The van der Waals surface area contributed by atoms with Crippen molar-refractivity contribution in [3.63, 3.8) is 0 Å². The van der Waals surface area contributed by atoms with Gasteiger partial charge in [-0.2, -0.15) is 0 Å². The third kappa shape index (κ3) is 7.21. The molecular weight excluding hydrogens is 466 g/mol. The van der Waals surface area contributed by atoms with Crippen LogP contribution in [0, 0.1) is 11.8 Å². The van der Waals surface area contributed by atoms with Crippen molar-refractivity contribution >= 4 is 22.9 Å². The lowest BCUT2D eigenvalue weighted by atomic mass is 9.82. The van der Waals surface area contributed by atoms with Gasteiger partial charge in [0.05, 0.1) is 23.9 Å². The molecule has 0 aliphatic heterocycles. The monoisotopic (exact) mass is 503 g/mol. The molecule has 2 N–H and O–H groups in total. The Morgan fingerprint density at radius 2 is 1.59 bits per heavy atom. The summed E-state index contributed by atoms with van der Waals surface area (Å²) < 4.78 is 10.7. The van der Waals surface area contributed by atoms with Crippen molar-refractivity contribution in [1.29, 1.82) is 0 Å². The molecule has 0 unspecified atom stereocenters. The molecule has 0 saturated heterocycles. The smallest absolute Gasteiger partial charge is 0.407 e. The number of ether oxygens (including phenoxy) is 2. The molecule has 0 radical (unpaired) electrons. The second-order valence-corrected chi connectivity index (χ2v) is 10.8. The van der Waals surface area contributed by atoms with Crippen molar-refractivity contribution < 1.29 is 19.1 Å². The summed E-state index contributed by atoms with van der Waals surface area (Å²) in [7, 11) is 1.64. The number of rotatable bonds is 7. The van der Waals surface area contributed by atoms with E-state index in [-0.39, 0.29) is 12.0 Å². The van der Waals surface area contributed by atoms with Gasteiger partial charge >= 0.3 is 6.09 Å². The minimum Gasteiger partial charge on any atom is -0.497 e. The van der Waals surface area contributed by atoms with Crippen molar-refractivity contribution in [3.05, 3.63) is 60.2 Å². The van der Waals surface area contributed by atoms with E-state index >= 15 is 0 Å². The standard InChI is InChI=1S/C30H37N3O4/c1-30(2,3)37-29(35)32-19-21-14-12-20(13-15-21)18-31-28(34)25-17-27(22-8-7-9-23(16-22)36-4)33-26-11-6-5-10-24(25)26/h5-11,16-17,20-21H,12-15,18-19H2,1-4H3,(H,31,34)(H,32,35)/t20-,21-. The predicted molar refractivity (Wildman–Crippen MR) is 146 cm³/mol. The van der Waals surface area contributed by atoms with Crippen molar-refractivity contribution in [1.82, 2.24) is 15.6 Å². The number of fused-ring (bicyclic) bond motifs is 1. The van der Waals surface area contributed by atoms with E-state index in [9.17, 15) is 9.59 Å². The van der Waals surface area contributed by atoms with E-state index in [2.05, 4.69) is 10.6 Å². The first-order valence-corrected chi connectivity index (χ1v) is 13.0. The van der Waals surface area contributed by atoms with Crippen LogP contribution in [0.15, 0.2) is 54.6 Å². The van der Waals surface area contributed by atoms with Crippen LogP contribution in [0.5, 0.6) is 5.75 Å². The number of amides is 2. The summed E-state index contributed by atoms with van der Waals surface area (Å²) in [5, 5.41) is 6.90. The second-order valence-electron chi connectivity index (χ2n) is 10.8. The zero-order valence-electron chi connectivity index (χ0n) is 22.2. The van der Waals surface area contributed by atoms with Crippen molar-refractivity contribution in [3.8, 4) is 17.0 Å².